The van der Waals surface area contributed by atoms with Crippen LogP contribution >= 0.6 is 0 Å². The van der Waals surface area contributed by atoms with Gasteiger partial charge in [-0.25, -0.2) is 24.1 Å². The maximum atomic E-state index is 13.6. The second-order valence-electron chi connectivity index (χ2n) is 7.55. The second kappa shape index (κ2) is 5.87. The SMILES string of the molecule is CC(C)(C)C(C(=O)O)n1ccc2cnc(-c3c[nH]c4ncc(F)cc34)nc21. The molecule has 27 heavy (non-hydrogen) atoms. The number of carboxylic acids is 1. The fourth-order valence-corrected chi connectivity index (χ4v) is 3.35. The summed E-state index contributed by atoms with van der Waals surface area (Å²) in [6.45, 7) is 5.61. The molecule has 0 aliphatic heterocycles. The minimum Gasteiger partial charge on any atom is -0.480 e. The van der Waals surface area contributed by atoms with Crippen LogP contribution in [0.25, 0.3) is 33.5 Å². The van der Waals surface area contributed by atoms with E-state index < -0.39 is 23.2 Å². The van der Waals surface area contributed by atoms with Crippen LogP contribution in [-0.4, -0.2) is 35.6 Å². The lowest BCUT2D eigenvalue weighted by Crippen LogP contribution is -2.31. The Bertz CT molecular complexity index is 1170. The normalized spacial score (nSPS) is 13.3. The highest BCUT2D eigenvalue weighted by Crippen LogP contribution is 2.34. The number of nitrogens with one attached hydrogen (secondary N) is 1. The average Bonchev–Trinajstić information content (AvgIpc) is 3.17. The topological polar surface area (TPSA) is 96.7 Å². The van der Waals surface area contributed by atoms with Crippen LogP contribution in [0.4, 0.5) is 4.39 Å². The van der Waals surface area contributed by atoms with Gasteiger partial charge in [0.1, 0.15) is 23.2 Å². The Morgan fingerprint density at radius 2 is 2.07 bits per heavy atom. The minimum atomic E-state index is -0.932. The van der Waals surface area contributed by atoms with Gasteiger partial charge < -0.3 is 14.7 Å². The number of aromatic amines is 1. The van der Waals surface area contributed by atoms with Gasteiger partial charge in [-0.1, -0.05) is 20.8 Å². The standard InChI is InChI=1S/C19H18FN5O2/c1-19(2,3)14(18(26)27)25-5-4-10-7-21-16(24-17(10)25)13-9-23-15-12(13)6-11(20)8-22-15/h4-9,14H,1-3H3,(H,22,23)(H,26,27). The van der Waals surface area contributed by atoms with Gasteiger partial charge in [-0.15, -0.1) is 0 Å². The van der Waals surface area contributed by atoms with Crippen molar-refractivity contribution in [3.8, 4) is 11.4 Å². The molecule has 138 valence electrons. The van der Waals surface area contributed by atoms with Gasteiger partial charge in [0.2, 0.25) is 0 Å². The maximum absolute atomic E-state index is 13.6. The molecule has 0 aromatic carbocycles. The second-order valence-corrected chi connectivity index (χ2v) is 7.55. The van der Waals surface area contributed by atoms with Crippen LogP contribution in [0.5, 0.6) is 0 Å². The zero-order valence-electron chi connectivity index (χ0n) is 15.1. The molecule has 4 aromatic heterocycles. The van der Waals surface area contributed by atoms with Gasteiger partial charge in [0.05, 0.1) is 6.20 Å². The summed E-state index contributed by atoms with van der Waals surface area (Å²) in [6.07, 6.45) is 6.16. The van der Waals surface area contributed by atoms with Gasteiger partial charge in [-0.05, 0) is 17.5 Å². The van der Waals surface area contributed by atoms with Crippen molar-refractivity contribution < 1.29 is 14.3 Å². The minimum absolute atomic E-state index is 0.374. The van der Waals surface area contributed by atoms with Crippen LogP contribution in [0, 0.1) is 11.2 Å². The number of H-pyrrole nitrogens is 1. The highest BCUT2D eigenvalue weighted by molar-refractivity contribution is 5.92. The van der Waals surface area contributed by atoms with Crippen molar-refractivity contribution in [1.82, 2.24) is 24.5 Å². The molecule has 0 amide bonds. The number of rotatable bonds is 3. The zero-order chi connectivity index (χ0) is 19.3. The monoisotopic (exact) mass is 367 g/mol. The van der Waals surface area contributed by atoms with Crippen molar-refractivity contribution in [2.75, 3.05) is 0 Å². The Labute approximate surface area is 153 Å². The van der Waals surface area contributed by atoms with Crippen LogP contribution in [-0.2, 0) is 4.79 Å². The van der Waals surface area contributed by atoms with E-state index in [1.165, 1.54) is 6.07 Å². The van der Waals surface area contributed by atoms with Crippen molar-refractivity contribution in [3.05, 3.63) is 42.7 Å². The van der Waals surface area contributed by atoms with Gasteiger partial charge in [0, 0.05) is 34.9 Å². The third-order valence-corrected chi connectivity index (χ3v) is 4.53. The molecule has 2 N–H and O–H groups in total. The molecule has 4 heterocycles. The summed E-state index contributed by atoms with van der Waals surface area (Å²) < 4.78 is 15.3. The molecule has 0 fully saturated rings. The molecule has 0 aliphatic carbocycles. The first-order valence-corrected chi connectivity index (χ1v) is 8.45. The molecule has 0 saturated heterocycles. The van der Waals surface area contributed by atoms with E-state index in [0.29, 0.717) is 28.1 Å². The molecule has 7 nitrogen and oxygen atoms in total. The van der Waals surface area contributed by atoms with Crippen LogP contribution in [0.2, 0.25) is 0 Å². The summed E-state index contributed by atoms with van der Waals surface area (Å²) >= 11 is 0. The van der Waals surface area contributed by atoms with E-state index in [-0.39, 0.29) is 0 Å². The Kier molecular flexibility index (Phi) is 3.73. The third kappa shape index (κ3) is 2.83. The van der Waals surface area contributed by atoms with Gasteiger partial charge in [-0.3, -0.25) is 0 Å². The molecule has 0 aliphatic rings. The quantitative estimate of drug-likeness (QED) is 0.574. The lowest BCUT2D eigenvalue weighted by Gasteiger charge is -2.28. The number of aliphatic carboxylic acids is 1. The van der Waals surface area contributed by atoms with Gasteiger partial charge in [0.15, 0.2) is 5.82 Å². The van der Waals surface area contributed by atoms with Crippen LogP contribution in [0.1, 0.15) is 26.8 Å². The van der Waals surface area contributed by atoms with Crippen LogP contribution in [0.3, 0.4) is 0 Å². The number of pyridine rings is 1. The molecule has 1 unspecified atom stereocenters. The van der Waals surface area contributed by atoms with E-state index in [4.69, 9.17) is 0 Å². The van der Waals surface area contributed by atoms with Gasteiger partial charge >= 0.3 is 5.97 Å². The first-order valence-electron chi connectivity index (χ1n) is 8.45. The summed E-state index contributed by atoms with van der Waals surface area (Å²) in [6, 6.07) is 2.37. The van der Waals surface area contributed by atoms with E-state index in [1.54, 1.807) is 29.2 Å². The summed E-state index contributed by atoms with van der Waals surface area (Å²) in [5.41, 5.74) is 1.13. The lowest BCUT2D eigenvalue weighted by atomic mass is 9.86. The third-order valence-electron chi connectivity index (χ3n) is 4.53. The summed E-state index contributed by atoms with van der Waals surface area (Å²) in [5.74, 6) is -1.01. The first-order chi connectivity index (χ1) is 12.8. The summed E-state index contributed by atoms with van der Waals surface area (Å²) in [5, 5.41) is 11.0. The molecule has 0 saturated carbocycles. The predicted octanol–water partition coefficient (Wildman–Crippen LogP) is 3.79. The Morgan fingerprint density at radius 1 is 1.30 bits per heavy atom. The first kappa shape index (κ1) is 17.1. The smallest absolute Gasteiger partial charge is 0.327 e. The Morgan fingerprint density at radius 3 is 2.78 bits per heavy atom. The molecule has 4 rings (SSSR count). The van der Waals surface area contributed by atoms with E-state index >= 15 is 0 Å². The number of fused-ring (bicyclic) bond motifs is 2. The average molecular weight is 367 g/mol. The molecule has 1 atom stereocenters. The number of halogens is 1. The maximum Gasteiger partial charge on any atom is 0.327 e. The molecular weight excluding hydrogens is 349 g/mol. The van der Waals surface area contributed by atoms with Crippen molar-refractivity contribution in [2.45, 2.75) is 26.8 Å². The number of carbonyl (C=O) groups is 1. The van der Waals surface area contributed by atoms with Crippen molar-refractivity contribution in [3.63, 3.8) is 0 Å². The molecule has 4 aromatic rings. The van der Waals surface area contributed by atoms with Crippen LogP contribution in [0.15, 0.2) is 36.9 Å². The Hall–Kier alpha value is -3.29. The summed E-state index contributed by atoms with van der Waals surface area (Å²) in [4.78, 5) is 27.8. The number of aromatic nitrogens is 5. The largest absolute Gasteiger partial charge is 0.480 e. The van der Waals surface area contributed by atoms with Crippen molar-refractivity contribution >= 4 is 28.0 Å². The van der Waals surface area contributed by atoms with Crippen LogP contribution < -0.4 is 0 Å². The zero-order valence-corrected chi connectivity index (χ0v) is 15.1. The highest BCUT2D eigenvalue weighted by atomic mass is 19.1. The molecule has 0 radical (unpaired) electrons. The van der Waals surface area contributed by atoms with Gasteiger partial charge in [-0.2, -0.15) is 0 Å². The molecular formula is C19H18FN5O2. The molecule has 8 heteroatoms. The van der Waals surface area contributed by atoms with E-state index in [0.717, 1.165) is 11.6 Å². The number of hydrogen-bond donors (Lipinski definition) is 2. The van der Waals surface area contributed by atoms with Crippen molar-refractivity contribution in [2.24, 2.45) is 5.41 Å². The predicted molar refractivity (Wildman–Crippen MR) is 98.7 cm³/mol. The van der Waals surface area contributed by atoms with Crippen molar-refractivity contribution in [1.29, 1.82) is 0 Å². The van der Waals surface area contributed by atoms with E-state index in [2.05, 4.69) is 19.9 Å². The Balaban J connectivity index is 1.92. The fourth-order valence-electron chi connectivity index (χ4n) is 3.35. The fraction of sp³-hybridized carbons (Fsp3) is 0.263. The van der Waals surface area contributed by atoms with E-state index in [9.17, 15) is 14.3 Å². The number of nitrogens with zero attached hydrogens (tertiary/aromatic N) is 4. The van der Waals surface area contributed by atoms with E-state index in [1.807, 2.05) is 20.8 Å². The molecule has 0 spiro atoms. The number of carboxylic acid groups (broad SMARTS) is 1. The number of hydrogen-bond acceptors (Lipinski definition) is 4. The van der Waals surface area contributed by atoms with Gasteiger partial charge in [0.25, 0.3) is 0 Å². The highest BCUT2D eigenvalue weighted by Gasteiger charge is 2.34. The lowest BCUT2D eigenvalue weighted by molar-refractivity contribution is -0.144. The summed E-state index contributed by atoms with van der Waals surface area (Å²) in [7, 11) is 0. The molecule has 0 bridgehead atoms.